The summed E-state index contributed by atoms with van der Waals surface area (Å²) in [6, 6.07) is 7.86. The second-order valence-electron chi connectivity index (χ2n) is 3.45. The molecule has 0 aliphatic rings. The summed E-state index contributed by atoms with van der Waals surface area (Å²) in [5.41, 5.74) is 7.43. The van der Waals surface area contributed by atoms with E-state index < -0.39 is 0 Å². The smallest absolute Gasteiger partial charge is 0.224 e. The van der Waals surface area contributed by atoms with Crippen molar-refractivity contribution in [3.8, 4) is 0 Å². The van der Waals surface area contributed by atoms with Gasteiger partial charge in [0.05, 0.1) is 0 Å². The summed E-state index contributed by atoms with van der Waals surface area (Å²) in [6.45, 7) is 2.63. The molecule has 1 rings (SSSR count). The molecule has 0 spiro atoms. The lowest BCUT2D eigenvalue weighted by Crippen LogP contribution is -2.14. The van der Waals surface area contributed by atoms with E-state index in [1.165, 1.54) is 5.56 Å². The van der Waals surface area contributed by atoms with Gasteiger partial charge in [0.1, 0.15) is 0 Å². The number of aryl methyl sites for hydroxylation is 1. The maximum Gasteiger partial charge on any atom is 0.224 e. The average Bonchev–Trinajstić information content (AvgIpc) is 2.27. The van der Waals surface area contributed by atoms with Crippen LogP contribution < -0.4 is 11.1 Å². The van der Waals surface area contributed by atoms with Crippen LogP contribution >= 0.6 is 0 Å². The second kappa shape index (κ2) is 6.19. The molecule has 0 heterocycles. The van der Waals surface area contributed by atoms with E-state index in [1.54, 1.807) is 0 Å². The molecule has 0 atom stereocenters. The molecule has 0 bridgehead atoms. The molecule has 0 saturated heterocycles. The van der Waals surface area contributed by atoms with Crippen LogP contribution in [-0.2, 0) is 11.2 Å². The van der Waals surface area contributed by atoms with E-state index in [0.717, 1.165) is 18.5 Å². The Hall–Kier alpha value is -1.35. The van der Waals surface area contributed by atoms with Gasteiger partial charge in [0.25, 0.3) is 0 Å². The van der Waals surface area contributed by atoms with Crippen LogP contribution in [0.25, 0.3) is 0 Å². The van der Waals surface area contributed by atoms with Crippen molar-refractivity contribution in [1.29, 1.82) is 0 Å². The third-order valence-corrected chi connectivity index (χ3v) is 2.28. The highest BCUT2D eigenvalue weighted by atomic mass is 16.1. The van der Waals surface area contributed by atoms with Crippen LogP contribution in [0.5, 0.6) is 0 Å². The zero-order valence-corrected chi connectivity index (χ0v) is 9.12. The zero-order valence-electron chi connectivity index (χ0n) is 9.12. The highest BCUT2D eigenvalue weighted by molar-refractivity contribution is 5.91. The summed E-state index contributed by atoms with van der Waals surface area (Å²) in [4.78, 5) is 11.5. The first-order chi connectivity index (χ1) is 7.27. The van der Waals surface area contributed by atoms with Crippen molar-refractivity contribution in [3.05, 3.63) is 29.8 Å². The van der Waals surface area contributed by atoms with E-state index in [0.29, 0.717) is 13.0 Å². The van der Waals surface area contributed by atoms with Gasteiger partial charge in [-0.25, -0.2) is 0 Å². The monoisotopic (exact) mass is 206 g/mol. The van der Waals surface area contributed by atoms with Crippen LogP contribution in [-0.4, -0.2) is 12.5 Å². The Morgan fingerprint density at radius 1 is 1.40 bits per heavy atom. The quantitative estimate of drug-likeness (QED) is 0.773. The highest BCUT2D eigenvalue weighted by Gasteiger charge is 2.04. The third-order valence-electron chi connectivity index (χ3n) is 2.28. The number of rotatable bonds is 5. The Labute approximate surface area is 90.7 Å². The van der Waals surface area contributed by atoms with Crippen LogP contribution in [0.3, 0.4) is 0 Å². The molecule has 3 nitrogen and oxygen atoms in total. The first-order valence-electron chi connectivity index (χ1n) is 5.35. The molecule has 3 heteroatoms. The van der Waals surface area contributed by atoms with Gasteiger partial charge in [-0.1, -0.05) is 25.1 Å². The van der Waals surface area contributed by atoms with Gasteiger partial charge >= 0.3 is 0 Å². The summed E-state index contributed by atoms with van der Waals surface area (Å²) in [7, 11) is 0. The molecule has 0 fully saturated rings. The van der Waals surface area contributed by atoms with E-state index >= 15 is 0 Å². The van der Waals surface area contributed by atoms with Crippen LogP contribution in [0.15, 0.2) is 24.3 Å². The molecule has 0 radical (unpaired) electrons. The molecule has 82 valence electrons. The van der Waals surface area contributed by atoms with Gasteiger partial charge < -0.3 is 11.1 Å². The van der Waals surface area contributed by atoms with Gasteiger partial charge in [0, 0.05) is 12.1 Å². The van der Waals surface area contributed by atoms with Crippen molar-refractivity contribution < 1.29 is 4.79 Å². The molecule has 1 aromatic carbocycles. The highest BCUT2D eigenvalue weighted by Crippen LogP contribution is 2.15. The number of amides is 1. The molecule has 0 unspecified atom stereocenters. The minimum absolute atomic E-state index is 0.0429. The van der Waals surface area contributed by atoms with Gasteiger partial charge in [-0.15, -0.1) is 0 Å². The van der Waals surface area contributed by atoms with Gasteiger partial charge in [0.2, 0.25) is 5.91 Å². The largest absolute Gasteiger partial charge is 0.330 e. The van der Waals surface area contributed by atoms with Gasteiger partial charge in [-0.3, -0.25) is 4.79 Å². The van der Waals surface area contributed by atoms with E-state index in [2.05, 4.69) is 12.2 Å². The Bertz CT molecular complexity index is 323. The minimum Gasteiger partial charge on any atom is -0.330 e. The Morgan fingerprint density at radius 2 is 2.13 bits per heavy atom. The van der Waals surface area contributed by atoms with Crippen molar-refractivity contribution in [2.24, 2.45) is 5.73 Å². The van der Waals surface area contributed by atoms with Crippen molar-refractivity contribution in [3.63, 3.8) is 0 Å². The fourth-order valence-corrected chi connectivity index (χ4v) is 1.43. The lowest BCUT2D eigenvalue weighted by molar-refractivity contribution is -0.116. The minimum atomic E-state index is 0.0429. The average molecular weight is 206 g/mol. The Morgan fingerprint density at radius 3 is 2.80 bits per heavy atom. The summed E-state index contributed by atoms with van der Waals surface area (Å²) >= 11 is 0. The number of hydrogen-bond donors (Lipinski definition) is 2. The molecule has 0 saturated carbocycles. The maximum absolute atomic E-state index is 11.5. The van der Waals surface area contributed by atoms with E-state index in [1.807, 2.05) is 24.3 Å². The maximum atomic E-state index is 11.5. The second-order valence-corrected chi connectivity index (χ2v) is 3.45. The van der Waals surface area contributed by atoms with E-state index in [9.17, 15) is 4.79 Å². The number of nitrogens with one attached hydrogen (secondary N) is 1. The van der Waals surface area contributed by atoms with Gasteiger partial charge in [0.15, 0.2) is 0 Å². The van der Waals surface area contributed by atoms with Gasteiger partial charge in [-0.2, -0.15) is 0 Å². The normalized spacial score (nSPS) is 10.0. The number of carbonyl (C=O) groups excluding carboxylic acids is 1. The Balaban J connectivity index is 2.59. The molecule has 1 aromatic rings. The molecule has 15 heavy (non-hydrogen) atoms. The molecular weight excluding hydrogens is 188 g/mol. The molecule has 3 N–H and O–H groups in total. The van der Waals surface area contributed by atoms with Gasteiger partial charge in [-0.05, 0) is 31.0 Å². The predicted octanol–water partition coefficient (Wildman–Crippen LogP) is 1.93. The molecule has 0 aliphatic carbocycles. The first-order valence-corrected chi connectivity index (χ1v) is 5.35. The molecule has 0 aromatic heterocycles. The fraction of sp³-hybridized carbons (Fsp3) is 0.417. The number of carbonyl (C=O) groups is 1. The lowest BCUT2D eigenvalue weighted by Gasteiger charge is -2.08. The topological polar surface area (TPSA) is 55.1 Å². The van der Waals surface area contributed by atoms with E-state index in [-0.39, 0.29) is 5.91 Å². The third kappa shape index (κ3) is 3.72. The van der Waals surface area contributed by atoms with E-state index in [4.69, 9.17) is 5.73 Å². The summed E-state index contributed by atoms with van der Waals surface area (Å²) < 4.78 is 0. The molecule has 1 amide bonds. The van der Waals surface area contributed by atoms with Crippen molar-refractivity contribution in [2.45, 2.75) is 26.2 Å². The van der Waals surface area contributed by atoms with Crippen molar-refractivity contribution in [2.75, 3.05) is 11.9 Å². The number of anilines is 1. The summed E-state index contributed by atoms with van der Waals surface area (Å²) in [5.74, 6) is 0.0429. The number of nitrogens with two attached hydrogens (primary N) is 1. The number of hydrogen-bond acceptors (Lipinski definition) is 2. The lowest BCUT2D eigenvalue weighted by atomic mass is 10.1. The van der Waals surface area contributed by atoms with Crippen LogP contribution in [0, 0.1) is 0 Å². The van der Waals surface area contributed by atoms with Crippen LogP contribution in [0.2, 0.25) is 0 Å². The standard InChI is InChI=1S/C12H18N2O/c1-2-10-6-3-4-7-11(10)14-12(15)8-5-9-13/h3-4,6-7H,2,5,8-9,13H2,1H3,(H,14,15). The summed E-state index contributed by atoms with van der Waals surface area (Å²) in [5, 5.41) is 2.90. The summed E-state index contributed by atoms with van der Waals surface area (Å²) in [6.07, 6.45) is 2.15. The molecular formula is C12H18N2O. The number of para-hydroxylation sites is 1. The van der Waals surface area contributed by atoms with Crippen LogP contribution in [0.4, 0.5) is 5.69 Å². The Kier molecular flexibility index (Phi) is 4.84. The predicted molar refractivity (Wildman–Crippen MR) is 62.7 cm³/mol. The van der Waals surface area contributed by atoms with Crippen molar-refractivity contribution >= 4 is 11.6 Å². The van der Waals surface area contributed by atoms with Crippen molar-refractivity contribution in [1.82, 2.24) is 0 Å². The number of benzene rings is 1. The zero-order chi connectivity index (χ0) is 11.1. The fourth-order valence-electron chi connectivity index (χ4n) is 1.43. The first kappa shape index (κ1) is 11.7. The SMILES string of the molecule is CCc1ccccc1NC(=O)CCCN. The van der Waals surface area contributed by atoms with Crippen LogP contribution in [0.1, 0.15) is 25.3 Å². The molecule has 0 aliphatic heterocycles.